The van der Waals surface area contributed by atoms with Gasteiger partial charge in [0.15, 0.2) is 33.4 Å². The van der Waals surface area contributed by atoms with Gasteiger partial charge in [-0.2, -0.15) is 0 Å². The summed E-state index contributed by atoms with van der Waals surface area (Å²) in [5.74, 6) is -1.09. The third-order valence-electron chi connectivity index (χ3n) is 3.30. The number of aliphatic hydroxyl groups is 1. The van der Waals surface area contributed by atoms with Gasteiger partial charge in [-0.3, -0.25) is 0 Å². The quantitative estimate of drug-likeness (QED) is 0.445. The van der Waals surface area contributed by atoms with Gasteiger partial charge < -0.3 is 16.2 Å². The second-order valence-corrected chi connectivity index (χ2v) is 7.26. The number of nitrogens with two attached hydrogens (primary N) is 1. The second-order valence-electron chi connectivity index (χ2n) is 5.29. The SMILES string of the molecule is CC(CO)Nc1nc(SCc2cccc(F)c2F)nc2nc(N)sc12. The Morgan fingerprint density at radius 3 is 2.88 bits per heavy atom. The van der Waals surface area contributed by atoms with Gasteiger partial charge in [0, 0.05) is 17.4 Å². The number of nitrogens with zero attached hydrogens (tertiary/aromatic N) is 3. The van der Waals surface area contributed by atoms with Crippen molar-refractivity contribution in [1.29, 1.82) is 0 Å². The lowest BCUT2D eigenvalue weighted by atomic mass is 10.2. The van der Waals surface area contributed by atoms with Gasteiger partial charge in [0.2, 0.25) is 0 Å². The summed E-state index contributed by atoms with van der Waals surface area (Å²) in [5, 5.41) is 13.0. The van der Waals surface area contributed by atoms with E-state index in [1.165, 1.54) is 23.5 Å². The number of halogens is 2. The van der Waals surface area contributed by atoms with Gasteiger partial charge in [-0.15, -0.1) is 0 Å². The number of rotatable bonds is 6. The molecule has 4 N–H and O–H groups in total. The van der Waals surface area contributed by atoms with Crippen LogP contribution in [0.5, 0.6) is 0 Å². The number of thioether (sulfide) groups is 1. The first-order valence-electron chi connectivity index (χ1n) is 7.35. The largest absolute Gasteiger partial charge is 0.394 e. The number of fused-ring (bicyclic) bond motifs is 1. The molecular formula is C15H15F2N5OS2. The molecule has 1 aromatic carbocycles. The van der Waals surface area contributed by atoms with Gasteiger partial charge in [-0.25, -0.2) is 23.7 Å². The fourth-order valence-corrected chi connectivity index (χ4v) is 3.60. The molecule has 10 heteroatoms. The molecule has 0 saturated carbocycles. The minimum atomic E-state index is -0.888. The molecule has 0 radical (unpaired) electrons. The van der Waals surface area contributed by atoms with Gasteiger partial charge in [0.1, 0.15) is 4.70 Å². The maximum Gasteiger partial charge on any atom is 0.191 e. The van der Waals surface area contributed by atoms with Gasteiger partial charge in [0.25, 0.3) is 0 Å². The van der Waals surface area contributed by atoms with E-state index in [0.29, 0.717) is 26.5 Å². The topological polar surface area (TPSA) is 97.0 Å². The summed E-state index contributed by atoms with van der Waals surface area (Å²) in [7, 11) is 0. The van der Waals surface area contributed by atoms with Crippen molar-refractivity contribution in [2.75, 3.05) is 17.7 Å². The van der Waals surface area contributed by atoms with Gasteiger partial charge in [-0.1, -0.05) is 35.2 Å². The zero-order valence-electron chi connectivity index (χ0n) is 13.2. The third-order valence-corrected chi connectivity index (χ3v) is 5.07. The van der Waals surface area contributed by atoms with Crippen LogP contribution in [-0.2, 0) is 5.75 Å². The molecule has 3 rings (SSSR count). The number of nitrogen functional groups attached to an aromatic ring is 1. The van der Waals surface area contributed by atoms with E-state index in [9.17, 15) is 13.9 Å². The Hall–Kier alpha value is -2.04. The smallest absolute Gasteiger partial charge is 0.191 e. The molecule has 0 amide bonds. The zero-order valence-corrected chi connectivity index (χ0v) is 14.8. The molecule has 2 heterocycles. The Balaban J connectivity index is 1.89. The molecule has 132 valence electrons. The fourth-order valence-electron chi connectivity index (χ4n) is 2.06. The Bertz CT molecular complexity index is 905. The maximum atomic E-state index is 13.8. The highest BCUT2D eigenvalue weighted by Crippen LogP contribution is 2.32. The molecule has 25 heavy (non-hydrogen) atoms. The number of aromatic nitrogens is 3. The van der Waals surface area contributed by atoms with E-state index in [0.717, 1.165) is 17.8 Å². The average molecular weight is 383 g/mol. The number of hydrogen-bond acceptors (Lipinski definition) is 8. The van der Waals surface area contributed by atoms with Crippen LogP contribution in [0.25, 0.3) is 10.3 Å². The lowest BCUT2D eigenvalue weighted by Gasteiger charge is -2.12. The molecular weight excluding hydrogens is 368 g/mol. The highest BCUT2D eigenvalue weighted by molar-refractivity contribution is 7.98. The monoisotopic (exact) mass is 383 g/mol. The third kappa shape index (κ3) is 3.97. The lowest BCUT2D eigenvalue weighted by molar-refractivity contribution is 0.281. The van der Waals surface area contributed by atoms with Crippen LogP contribution >= 0.6 is 23.1 Å². The maximum absolute atomic E-state index is 13.8. The van der Waals surface area contributed by atoms with Crippen LogP contribution in [0.2, 0.25) is 0 Å². The van der Waals surface area contributed by atoms with Crippen molar-refractivity contribution in [2.24, 2.45) is 0 Å². The molecule has 2 aromatic heterocycles. The number of nitrogens with one attached hydrogen (secondary N) is 1. The van der Waals surface area contributed by atoms with Crippen LogP contribution in [0.1, 0.15) is 12.5 Å². The molecule has 0 aliphatic rings. The molecule has 0 aliphatic carbocycles. The standard InChI is InChI=1S/C15H15F2N5OS2/c1-7(5-23)19-12-11-13(20-14(18)25-11)22-15(21-12)24-6-8-3-2-4-9(16)10(8)17/h2-4,7,23H,5-6H2,1H3,(H3,18,19,20,21,22). The van der Waals surface area contributed by atoms with Crippen LogP contribution < -0.4 is 11.1 Å². The van der Waals surface area contributed by atoms with E-state index >= 15 is 0 Å². The fraction of sp³-hybridized carbons (Fsp3) is 0.267. The molecule has 0 aliphatic heterocycles. The van der Waals surface area contributed by atoms with Crippen LogP contribution in [0, 0.1) is 11.6 Å². The first-order chi connectivity index (χ1) is 12.0. The molecule has 1 atom stereocenters. The molecule has 0 fully saturated rings. The molecule has 6 nitrogen and oxygen atoms in total. The van der Waals surface area contributed by atoms with Gasteiger partial charge in [-0.05, 0) is 13.0 Å². The highest BCUT2D eigenvalue weighted by Gasteiger charge is 2.15. The zero-order chi connectivity index (χ0) is 18.0. The molecule has 3 aromatic rings. The first-order valence-corrected chi connectivity index (χ1v) is 9.15. The van der Waals surface area contributed by atoms with E-state index in [1.54, 1.807) is 6.92 Å². The second kappa shape index (κ2) is 7.46. The summed E-state index contributed by atoms with van der Waals surface area (Å²) in [4.78, 5) is 12.9. The van der Waals surface area contributed by atoms with Crippen molar-refractivity contribution in [1.82, 2.24) is 15.0 Å². The summed E-state index contributed by atoms with van der Waals surface area (Å²) in [6.45, 7) is 1.73. The van der Waals surface area contributed by atoms with E-state index in [2.05, 4.69) is 20.3 Å². The highest BCUT2D eigenvalue weighted by atomic mass is 32.2. The summed E-state index contributed by atoms with van der Waals surface area (Å²) < 4.78 is 27.7. The van der Waals surface area contributed by atoms with Crippen molar-refractivity contribution in [3.8, 4) is 0 Å². The van der Waals surface area contributed by atoms with Gasteiger partial charge >= 0.3 is 0 Å². The van der Waals surface area contributed by atoms with E-state index < -0.39 is 11.6 Å². The first kappa shape index (κ1) is 17.8. The van der Waals surface area contributed by atoms with Crippen LogP contribution in [0.4, 0.5) is 19.7 Å². The Labute approximate surface area is 150 Å². The number of aliphatic hydroxyl groups excluding tert-OH is 1. The number of anilines is 2. The molecule has 0 bridgehead atoms. The summed E-state index contributed by atoms with van der Waals surface area (Å²) in [6.07, 6.45) is 0. The van der Waals surface area contributed by atoms with Crippen LogP contribution in [0.3, 0.4) is 0 Å². The van der Waals surface area contributed by atoms with E-state index in [1.807, 2.05) is 0 Å². The number of hydrogen-bond donors (Lipinski definition) is 3. The molecule has 1 unspecified atom stereocenters. The van der Waals surface area contributed by atoms with Gasteiger partial charge in [0.05, 0.1) is 6.61 Å². The summed E-state index contributed by atoms with van der Waals surface area (Å²) in [5.41, 5.74) is 6.39. The van der Waals surface area contributed by atoms with Crippen molar-refractivity contribution in [3.05, 3.63) is 35.4 Å². The van der Waals surface area contributed by atoms with Crippen molar-refractivity contribution in [3.63, 3.8) is 0 Å². The normalized spacial score (nSPS) is 12.5. The number of benzene rings is 1. The molecule has 0 saturated heterocycles. The Morgan fingerprint density at radius 2 is 2.12 bits per heavy atom. The van der Waals surface area contributed by atoms with Crippen LogP contribution in [-0.4, -0.2) is 32.7 Å². The summed E-state index contributed by atoms with van der Waals surface area (Å²) in [6, 6.07) is 3.82. The minimum absolute atomic E-state index is 0.0727. The minimum Gasteiger partial charge on any atom is -0.394 e. The Morgan fingerprint density at radius 1 is 1.32 bits per heavy atom. The Kier molecular flexibility index (Phi) is 5.30. The van der Waals surface area contributed by atoms with Crippen molar-refractivity contribution in [2.45, 2.75) is 23.9 Å². The van der Waals surface area contributed by atoms with Crippen molar-refractivity contribution >= 4 is 44.4 Å². The predicted octanol–water partition coefficient (Wildman–Crippen LogP) is 3.03. The molecule has 0 spiro atoms. The van der Waals surface area contributed by atoms with Crippen molar-refractivity contribution < 1.29 is 13.9 Å². The predicted molar refractivity (Wildman–Crippen MR) is 95.7 cm³/mol. The number of thiazole rings is 1. The summed E-state index contributed by atoms with van der Waals surface area (Å²) >= 11 is 2.40. The van der Waals surface area contributed by atoms with Crippen LogP contribution in [0.15, 0.2) is 23.4 Å². The average Bonchev–Trinajstić information content (AvgIpc) is 2.96. The van der Waals surface area contributed by atoms with E-state index in [-0.39, 0.29) is 24.0 Å². The lowest BCUT2D eigenvalue weighted by Crippen LogP contribution is -2.20. The van der Waals surface area contributed by atoms with E-state index in [4.69, 9.17) is 5.73 Å².